The molecule has 0 aromatic heterocycles. The average Bonchev–Trinajstić information content (AvgIpc) is 2.65. The van der Waals surface area contributed by atoms with Crippen molar-refractivity contribution in [3.63, 3.8) is 0 Å². The minimum atomic E-state index is -0.654. The predicted molar refractivity (Wildman–Crippen MR) is 92.7 cm³/mol. The number of aldehydes is 1. The number of aryl methyl sites for hydroxylation is 1. The van der Waals surface area contributed by atoms with Crippen molar-refractivity contribution >= 4 is 23.9 Å². The van der Waals surface area contributed by atoms with Crippen LogP contribution >= 0.6 is 0 Å². The molecule has 0 radical (unpaired) electrons. The number of ether oxygens (including phenoxy) is 2. The number of nitrogens with one attached hydrogen (secondary N) is 1. The highest BCUT2D eigenvalue weighted by molar-refractivity contribution is 5.93. The Labute approximate surface area is 145 Å². The SMILES string of the molecule is CCc1ccccc1NC(=O)COC(=O)COc1ccc(C=O)cc1. The van der Waals surface area contributed by atoms with Gasteiger partial charge in [0.25, 0.3) is 5.91 Å². The van der Waals surface area contributed by atoms with Crippen LogP contribution in [0.2, 0.25) is 0 Å². The molecule has 0 aliphatic carbocycles. The third kappa shape index (κ3) is 5.76. The molecule has 25 heavy (non-hydrogen) atoms. The Hall–Kier alpha value is -3.15. The summed E-state index contributed by atoms with van der Waals surface area (Å²) in [6.07, 6.45) is 1.50. The molecule has 0 heterocycles. The third-order valence-electron chi connectivity index (χ3n) is 3.41. The van der Waals surface area contributed by atoms with Gasteiger partial charge in [0.05, 0.1) is 0 Å². The van der Waals surface area contributed by atoms with Crippen LogP contribution in [-0.4, -0.2) is 31.4 Å². The van der Waals surface area contributed by atoms with E-state index in [0.717, 1.165) is 12.0 Å². The van der Waals surface area contributed by atoms with E-state index in [4.69, 9.17) is 9.47 Å². The highest BCUT2D eigenvalue weighted by Gasteiger charge is 2.10. The van der Waals surface area contributed by atoms with Crippen LogP contribution in [0.25, 0.3) is 0 Å². The predicted octanol–water partition coefficient (Wildman–Crippen LogP) is 2.62. The van der Waals surface area contributed by atoms with Gasteiger partial charge in [-0.05, 0) is 42.3 Å². The van der Waals surface area contributed by atoms with Gasteiger partial charge in [0.2, 0.25) is 0 Å². The first kappa shape index (κ1) is 18.2. The molecule has 1 amide bonds. The van der Waals surface area contributed by atoms with Gasteiger partial charge in [-0.2, -0.15) is 0 Å². The summed E-state index contributed by atoms with van der Waals surface area (Å²) in [7, 11) is 0. The van der Waals surface area contributed by atoms with Crippen LogP contribution in [-0.2, 0) is 20.7 Å². The molecule has 0 saturated carbocycles. The molecule has 6 heteroatoms. The Morgan fingerprint density at radius 3 is 2.44 bits per heavy atom. The summed E-state index contributed by atoms with van der Waals surface area (Å²) in [5.41, 5.74) is 2.22. The summed E-state index contributed by atoms with van der Waals surface area (Å²) in [5.74, 6) is -0.633. The van der Waals surface area contributed by atoms with Crippen LogP contribution < -0.4 is 10.1 Å². The van der Waals surface area contributed by atoms with Crippen LogP contribution in [0.4, 0.5) is 5.69 Å². The molecule has 0 spiro atoms. The summed E-state index contributed by atoms with van der Waals surface area (Å²) in [5, 5.41) is 2.71. The second-order valence-electron chi connectivity index (χ2n) is 5.20. The van der Waals surface area contributed by atoms with E-state index in [1.54, 1.807) is 30.3 Å². The summed E-state index contributed by atoms with van der Waals surface area (Å²) in [6.45, 7) is 1.29. The van der Waals surface area contributed by atoms with Gasteiger partial charge in [-0.15, -0.1) is 0 Å². The number of rotatable bonds is 8. The molecular formula is C19H19NO5. The lowest BCUT2D eigenvalue weighted by Crippen LogP contribution is -2.24. The molecule has 2 rings (SSSR count). The van der Waals surface area contributed by atoms with Crippen molar-refractivity contribution in [2.45, 2.75) is 13.3 Å². The lowest BCUT2D eigenvalue weighted by atomic mass is 10.1. The molecule has 0 fully saturated rings. The van der Waals surface area contributed by atoms with Gasteiger partial charge in [0.1, 0.15) is 12.0 Å². The van der Waals surface area contributed by atoms with Gasteiger partial charge in [0, 0.05) is 11.3 Å². The number of carbonyl (C=O) groups excluding carboxylic acids is 3. The number of para-hydroxylation sites is 1. The van der Waals surface area contributed by atoms with Crippen LogP contribution in [0.15, 0.2) is 48.5 Å². The zero-order valence-corrected chi connectivity index (χ0v) is 13.9. The van der Waals surface area contributed by atoms with E-state index < -0.39 is 11.9 Å². The molecule has 6 nitrogen and oxygen atoms in total. The number of carbonyl (C=O) groups is 3. The van der Waals surface area contributed by atoms with E-state index in [1.807, 2.05) is 25.1 Å². The second kappa shape index (κ2) is 9.22. The maximum atomic E-state index is 11.9. The number of amides is 1. The van der Waals surface area contributed by atoms with Crippen LogP contribution in [0.3, 0.4) is 0 Å². The number of anilines is 1. The molecule has 0 saturated heterocycles. The van der Waals surface area contributed by atoms with Gasteiger partial charge in [-0.1, -0.05) is 25.1 Å². The first-order valence-electron chi connectivity index (χ1n) is 7.83. The Morgan fingerprint density at radius 2 is 1.76 bits per heavy atom. The number of hydrogen-bond donors (Lipinski definition) is 1. The van der Waals surface area contributed by atoms with Gasteiger partial charge >= 0.3 is 5.97 Å². The molecule has 130 valence electrons. The summed E-state index contributed by atoms with van der Waals surface area (Å²) in [4.78, 5) is 34.1. The summed E-state index contributed by atoms with van der Waals surface area (Å²) >= 11 is 0. The second-order valence-corrected chi connectivity index (χ2v) is 5.20. The first-order chi connectivity index (χ1) is 12.1. The Balaban J connectivity index is 1.75. The molecule has 0 aliphatic rings. The Kier molecular flexibility index (Phi) is 6.71. The van der Waals surface area contributed by atoms with E-state index in [1.165, 1.54) is 0 Å². The maximum absolute atomic E-state index is 11.9. The number of benzene rings is 2. The van der Waals surface area contributed by atoms with Gasteiger partial charge in [0.15, 0.2) is 13.2 Å². The van der Waals surface area contributed by atoms with Gasteiger partial charge < -0.3 is 14.8 Å². The van der Waals surface area contributed by atoms with Gasteiger partial charge in [-0.25, -0.2) is 4.79 Å². The Bertz CT molecular complexity index is 740. The van der Waals surface area contributed by atoms with Crippen molar-refractivity contribution in [3.8, 4) is 5.75 Å². The zero-order valence-electron chi connectivity index (χ0n) is 13.9. The first-order valence-corrected chi connectivity index (χ1v) is 7.83. The largest absolute Gasteiger partial charge is 0.482 e. The molecule has 0 bridgehead atoms. The molecule has 0 atom stereocenters. The van der Waals surface area contributed by atoms with E-state index in [2.05, 4.69) is 5.32 Å². The van der Waals surface area contributed by atoms with Crippen molar-refractivity contribution in [1.29, 1.82) is 0 Å². The smallest absolute Gasteiger partial charge is 0.344 e. The minimum absolute atomic E-state index is 0.320. The highest BCUT2D eigenvalue weighted by atomic mass is 16.6. The van der Waals surface area contributed by atoms with Crippen molar-refractivity contribution < 1.29 is 23.9 Å². The minimum Gasteiger partial charge on any atom is -0.482 e. The van der Waals surface area contributed by atoms with Crippen LogP contribution in [0.5, 0.6) is 5.75 Å². The standard InChI is InChI=1S/C19H19NO5/c1-2-15-5-3-4-6-17(15)20-18(22)12-25-19(23)13-24-16-9-7-14(11-21)8-10-16/h3-11H,2,12-13H2,1H3,(H,20,22). The monoisotopic (exact) mass is 341 g/mol. The fourth-order valence-corrected chi connectivity index (χ4v) is 2.11. The maximum Gasteiger partial charge on any atom is 0.344 e. The van der Waals surface area contributed by atoms with E-state index in [0.29, 0.717) is 23.3 Å². The molecule has 0 unspecified atom stereocenters. The molecule has 2 aromatic rings. The summed E-state index contributed by atoms with van der Waals surface area (Å²) < 4.78 is 10.1. The van der Waals surface area contributed by atoms with Crippen molar-refractivity contribution in [3.05, 3.63) is 59.7 Å². The van der Waals surface area contributed by atoms with Crippen molar-refractivity contribution in [2.24, 2.45) is 0 Å². The fourth-order valence-electron chi connectivity index (χ4n) is 2.11. The van der Waals surface area contributed by atoms with Gasteiger partial charge in [-0.3, -0.25) is 9.59 Å². The third-order valence-corrected chi connectivity index (χ3v) is 3.41. The normalized spacial score (nSPS) is 9.96. The van der Waals surface area contributed by atoms with Crippen molar-refractivity contribution in [2.75, 3.05) is 18.5 Å². The van der Waals surface area contributed by atoms with Crippen LogP contribution in [0, 0.1) is 0 Å². The topological polar surface area (TPSA) is 81.7 Å². The van der Waals surface area contributed by atoms with E-state index in [9.17, 15) is 14.4 Å². The lowest BCUT2D eigenvalue weighted by Gasteiger charge is -2.10. The lowest BCUT2D eigenvalue weighted by molar-refractivity contribution is -0.149. The molecule has 2 aromatic carbocycles. The van der Waals surface area contributed by atoms with Crippen molar-refractivity contribution in [1.82, 2.24) is 0 Å². The van der Waals surface area contributed by atoms with Crippen LogP contribution in [0.1, 0.15) is 22.8 Å². The van der Waals surface area contributed by atoms with E-state index in [-0.39, 0.29) is 13.2 Å². The average molecular weight is 341 g/mol. The highest BCUT2D eigenvalue weighted by Crippen LogP contribution is 2.15. The van der Waals surface area contributed by atoms with E-state index >= 15 is 0 Å². The zero-order chi connectivity index (χ0) is 18.1. The molecular weight excluding hydrogens is 322 g/mol. The quantitative estimate of drug-likeness (QED) is 0.589. The fraction of sp³-hybridized carbons (Fsp3) is 0.211. The molecule has 1 N–H and O–H groups in total. The molecule has 0 aliphatic heterocycles. The summed E-state index contributed by atoms with van der Waals surface area (Å²) in [6, 6.07) is 13.7. The number of esters is 1. The number of hydrogen-bond acceptors (Lipinski definition) is 5. The Morgan fingerprint density at radius 1 is 1.04 bits per heavy atom.